The van der Waals surface area contributed by atoms with Gasteiger partial charge in [0.1, 0.15) is 5.01 Å². The minimum Gasteiger partial charge on any atom is -0.478 e. The van der Waals surface area contributed by atoms with E-state index in [4.69, 9.17) is 0 Å². The van der Waals surface area contributed by atoms with E-state index in [1.807, 2.05) is 11.4 Å². The van der Waals surface area contributed by atoms with E-state index in [0.717, 1.165) is 10.6 Å². The van der Waals surface area contributed by atoms with Crippen molar-refractivity contribution < 1.29 is 9.90 Å². The number of aromatic carboxylic acids is 1. The second-order valence-electron chi connectivity index (χ2n) is 5.67. The molecule has 0 spiro atoms. The van der Waals surface area contributed by atoms with Crippen LogP contribution in [-0.4, -0.2) is 16.1 Å². The third kappa shape index (κ3) is 3.17. The summed E-state index contributed by atoms with van der Waals surface area (Å²) in [4.78, 5) is 16.0. The van der Waals surface area contributed by atoms with Gasteiger partial charge in [0, 0.05) is 16.5 Å². The molecule has 0 atom stereocenters. The summed E-state index contributed by atoms with van der Waals surface area (Å²) in [5.74, 6) is -0.435. The molecule has 0 unspecified atom stereocenters. The molecule has 1 aromatic heterocycles. The van der Waals surface area contributed by atoms with Crippen molar-refractivity contribution in [2.75, 3.05) is 0 Å². The number of hydrogen-bond acceptors (Lipinski definition) is 3. The zero-order chi connectivity index (χ0) is 16.4. The Hall–Kier alpha value is -2.46. The number of carboxylic acid groups (broad SMARTS) is 1. The van der Waals surface area contributed by atoms with E-state index >= 15 is 0 Å². The Morgan fingerprint density at radius 2 is 1.78 bits per heavy atom. The SMILES string of the molecule is CC(C)c1ccc(-c2nc(-c3ccccc3C(=O)O)cs2)cc1. The van der Waals surface area contributed by atoms with Gasteiger partial charge in [0.15, 0.2) is 0 Å². The normalized spacial score (nSPS) is 10.9. The lowest BCUT2D eigenvalue weighted by atomic mass is 10.0. The molecule has 4 heteroatoms. The Balaban J connectivity index is 1.96. The van der Waals surface area contributed by atoms with Crippen molar-refractivity contribution in [3.05, 3.63) is 65.0 Å². The Labute approximate surface area is 139 Å². The molecule has 0 amide bonds. The summed E-state index contributed by atoms with van der Waals surface area (Å²) >= 11 is 1.53. The molecule has 2 aromatic carbocycles. The summed E-state index contributed by atoms with van der Waals surface area (Å²) in [7, 11) is 0. The summed E-state index contributed by atoms with van der Waals surface area (Å²) in [5.41, 5.74) is 3.98. The van der Waals surface area contributed by atoms with E-state index in [-0.39, 0.29) is 5.56 Å². The topological polar surface area (TPSA) is 50.2 Å². The number of hydrogen-bond donors (Lipinski definition) is 1. The second-order valence-corrected chi connectivity index (χ2v) is 6.52. The van der Waals surface area contributed by atoms with Gasteiger partial charge in [0.05, 0.1) is 11.3 Å². The van der Waals surface area contributed by atoms with Crippen molar-refractivity contribution in [1.29, 1.82) is 0 Å². The van der Waals surface area contributed by atoms with E-state index in [2.05, 4.69) is 43.1 Å². The molecular weight excluding hydrogens is 306 g/mol. The average Bonchev–Trinajstić information content (AvgIpc) is 3.04. The van der Waals surface area contributed by atoms with Gasteiger partial charge in [-0.1, -0.05) is 56.3 Å². The van der Waals surface area contributed by atoms with Crippen molar-refractivity contribution >= 4 is 17.3 Å². The van der Waals surface area contributed by atoms with Crippen LogP contribution < -0.4 is 0 Å². The number of carboxylic acids is 1. The van der Waals surface area contributed by atoms with Crippen LogP contribution in [0.4, 0.5) is 0 Å². The van der Waals surface area contributed by atoms with Gasteiger partial charge in [0.2, 0.25) is 0 Å². The Morgan fingerprint density at radius 3 is 2.43 bits per heavy atom. The van der Waals surface area contributed by atoms with Crippen LogP contribution in [0.3, 0.4) is 0 Å². The zero-order valence-electron chi connectivity index (χ0n) is 13.0. The van der Waals surface area contributed by atoms with Crippen molar-refractivity contribution in [2.24, 2.45) is 0 Å². The van der Waals surface area contributed by atoms with Crippen LogP contribution in [0.2, 0.25) is 0 Å². The molecule has 1 N–H and O–H groups in total. The lowest BCUT2D eigenvalue weighted by Crippen LogP contribution is -1.99. The molecule has 1 heterocycles. The van der Waals surface area contributed by atoms with Crippen LogP contribution in [-0.2, 0) is 0 Å². The minimum atomic E-state index is -0.934. The van der Waals surface area contributed by atoms with Gasteiger partial charge in [-0.3, -0.25) is 0 Å². The van der Waals surface area contributed by atoms with Gasteiger partial charge < -0.3 is 5.11 Å². The first kappa shape index (κ1) is 15.4. The van der Waals surface area contributed by atoms with Crippen LogP contribution >= 0.6 is 11.3 Å². The highest BCUT2D eigenvalue weighted by Crippen LogP contribution is 2.31. The third-order valence-electron chi connectivity index (χ3n) is 3.76. The standard InChI is InChI=1S/C19H17NO2S/c1-12(2)13-7-9-14(10-8-13)18-20-17(11-23-18)15-5-3-4-6-16(15)19(21)22/h3-12H,1-2H3,(H,21,22). The first-order chi connectivity index (χ1) is 11.1. The molecule has 0 radical (unpaired) electrons. The Kier molecular flexibility index (Phi) is 4.26. The maximum atomic E-state index is 11.3. The Bertz CT molecular complexity index is 835. The highest BCUT2D eigenvalue weighted by molar-refractivity contribution is 7.13. The number of carbonyl (C=O) groups is 1. The maximum absolute atomic E-state index is 11.3. The second kappa shape index (κ2) is 6.34. The van der Waals surface area contributed by atoms with Gasteiger partial charge in [-0.15, -0.1) is 11.3 Å². The Morgan fingerprint density at radius 1 is 1.09 bits per heavy atom. The van der Waals surface area contributed by atoms with Gasteiger partial charge in [-0.25, -0.2) is 9.78 Å². The molecule has 116 valence electrons. The van der Waals surface area contributed by atoms with Crippen molar-refractivity contribution in [3.8, 4) is 21.8 Å². The number of aromatic nitrogens is 1. The highest BCUT2D eigenvalue weighted by Gasteiger charge is 2.14. The fourth-order valence-corrected chi connectivity index (χ4v) is 3.26. The van der Waals surface area contributed by atoms with Crippen LogP contribution in [0.1, 0.15) is 35.7 Å². The van der Waals surface area contributed by atoms with Gasteiger partial charge in [0.25, 0.3) is 0 Å². The number of nitrogens with zero attached hydrogens (tertiary/aromatic N) is 1. The third-order valence-corrected chi connectivity index (χ3v) is 4.65. The average molecular weight is 323 g/mol. The first-order valence-electron chi connectivity index (χ1n) is 7.45. The van der Waals surface area contributed by atoms with E-state index in [0.29, 0.717) is 17.2 Å². The smallest absolute Gasteiger partial charge is 0.336 e. The summed E-state index contributed by atoms with van der Waals surface area (Å²) in [6.07, 6.45) is 0. The van der Waals surface area contributed by atoms with Crippen molar-refractivity contribution in [3.63, 3.8) is 0 Å². The number of rotatable bonds is 4. The molecule has 0 fully saturated rings. The van der Waals surface area contributed by atoms with E-state index in [1.54, 1.807) is 18.2 Å². The summed E-state index contributed by atoms with van der Waals surface area (Å²) < 4.78 is 0. The summed E-state index contributed by atoms with van der Waals surface area (Å²) in [6, 6.07) is 15.3. The monoisotopic (exact) mass is 323 g/mol. The van der Waals surface area contributed by atoms with Gasteiger partial charge >= 0.3 is 5.97 Å². The van der Waals surface area contributed by atoms with E-state index < -0.39 is 5.97 Å². The molecule has 3 aromatic rings. The molecule has 0 saturated carbocycles. The van der Waals surface area contributed by atoms with E-state index in [9.17, 15) is 9.90 Å². The number of benzene rings is 2. The fraction of sp³-hybridized carbons (Fsp3) is 0.158. The quantitative estimate of drug-likeness (QED) is 0.709. The summed E-state index contributed by atoms with van der Waals surface area (Å²) in [6.45, 7) is 4.33. The van der Waals surface area contributed by atoms with Crippen LogP contribution in [0.15, 0.2) is 53.9 Å². The molecule has 0 aliphatic rings. The molecule has 23 heavy (non-hydrogen) atoms. The highest BCUT2D eigenvalue weighted by atomic mass is 32.1. The summed E-state index contributed by atoms with van der Waals surface area (Å²) in [5, 5.41) is 12.1. The molecule has 3 nitrogen and oxygen atoms in total. The van der Waals surface area contributed by atoms with Crippen molar-refractivity contribution in [1.82, 2.24) is 4.98 Å². The zero-order valence-corrected chi connectivity index (χ0v) is 13.8. The van der Waals surface area contributed by atoms with Crippen LogP contribution in [0.25, 0.3) is 21.8 Å². The molecule has 0 aliphatic carbocycles. The molecule has 3 rings (SSSR count). The maximum Gasteiger partial charge on any atom is 0.336 e. The first-order valence-corrected chi connectivity index (χ1v) is 8.33. The largest absolute Gasteiger partial charge is 0.478 e. The van der Waals surface area contributed by atoms with Crippen LogP contribution in [0.5, 0.6) is 0 Å². The number of thiazole rings is 1. The minimum absolute atomic E-state index is 0.277. The predicted molar refractivity (Wildman–Crippen MR) is 94.0 cm³/mol. The molecular formula is C19H17NO2S. The molecule has 0 aliphatic heterocycles. The van der Waals surface area contributed by atoms with Crippen LogP contribution in [0, 0.1) is 0 Å². The molecule has 0 saturated heterocycles. The fourth-order valence-electron chi connectivity index (χ4n) is 2.43. The lowest BCUT2D eigenvalue weighted by molar-refractivity contribution is 0.0697. The predicted octanol–water partition coefficient (Wildman–Crippen LogP) is 5.30. The van der Waals surface area contributed by atoms with Crippen molar-refractivity contribution in [2.45, 2.75) is 19.8 Å². The lowest BCUT2D eigenvalue weighted by Gasteiger charge is -2.05. The molecule has 0 bridgehead atoms. The van der Waals surface area contributed by atoms with Gasteiger partial charge in [-0.05, 0) is 17.5 Å². The van der Waals surface area contributed by atoms with E-state index in [1.165, 1.54) is 16.9 Å². The van der Waals surface area contributed by atoms with Gasteiger partial charge in [-0.2, -0.15) is 0 Å².